The van der Waals surface area contributed by atoms with E-state index in [0.29, 0.717) is 60.5 Å². The largest absolute Gasteiger partial charge is 0.494 e. The molecule has 0 spiro atoms. The Kier molecular flexibility index (Phi) is 11.0. The highest BCUT2D eigenvalue weighted by molar-refractivity contribution is 7.92. The van der Waals surface area contributed by atoms with Crippen LogP contribution in [0.5, 0.6) is 5.75 Å². The first-order valence-corrected chi connectivity index (χ1v) is 16.1. The lowest BCUT2D eigenvalue weighted by Crippen LogP contribution is -2.29. The number of rotatable bonds is 14. The number of para-hydroxylation sites is 2. The van der Waals surface area contributed by atoms with Crippen molar-refractivity contribution in [1.82, 2.24) is 14.9 Å². The van der Waals surface area contributed by atoms with Crippen molar-refractivity contribution >= 4 is 61.7 Å². The zero-order valence-corrected chi connectivity index (χ0v) is 27.0. The standard InChI is InChI=1S/C31H40N8O5S/c1-7-29(40)33-25-18-26(28(43-5)19-27(25)39(4)15-14-38(2)3)35-31-32-20-22(21-12-16-44-17-13-21)30(36-31)34-23-10-8-9-11-24(23)37-45(6,41)42/h7-12,18-20,37H,1,13-17H2,2-6H3,(H,33,40)(H2,32,34,35,36). The summed E-state index contributed by atoms with van der Waals surface area (Å²) in [7, 11) is 3.96. The first kappa shape index (κ1) is 33.2. The number of ether oxygens (including phenoxy) is 2. The number of anilines is 7. The summed E-state index contributed by atoms with van der Waals surface area (Å²) in [4.78, 5) is 25.9. The van der Waals surface area contributed by atoms with Crippen LogP contribution in [0.3, 0.4) is 0 Å². The van der Waals surface area contributed by atoms with Crippen molar-refractivity contribution in [3.63, 3.8) is 0 Å². The molecule has 1 aliphatic rings. The molecule has 0 unspecified atom stereocenters. The van der Waals surface area contributed by atoms with Crippen molar-refractivity contribution in [2.24, 2.45) is 0 Å². The third kappa shape index (κ3) is 9.17. The van der Waals surface area contributed by atoms with E-state index in [1.807, 2.05) is 38.2 Å². The van der Waals surface area contributed by atoms with Gasteiger partial charge in [0.05, 0.1) is 55.0 Å². The number of hydrogen-bond acceptors (Lipinski definition) is 11. The van der Waals surface area contributed by atoms with E-state index in [1.54, 1.807) is 43.6 Å². The summed E-state index contributed by atoms with van der Waals surface area (Å²) >= 11 is 0. The summed E-state index contributed by atoms with van der Waals surface area (Å²) in [6.07, 6.45) is 6.65. The Morgan fingerprint density at radius 3 is 2.49 bits per heavy atom. The summed E-state index contributed by atoms with van der Waals surface area (Å²) in [5.74, 6) is 0.861. The lowest BCUT2D eigenvalue weighted by molar-refractivity contribution is -0.111. The van der Waals surface area contributed by atoms with Gasteiger partial charge in [-0.1, -0.05) is 24.8 Å². The Labute approximate surface area is 264 Å². The second-order valence-electron chi connectivity index (χ2n) is 10.7. The normalized spacial score (nSPS) is 13.1. The molecule has 2 heterocycles. The van der Waals surface area contributed by atoms with Gasteiger partial charge < -0.3 is 35.2 Å². The van der Waals surface area contributed by atoms with Crippen molar-refractivity contribution in [1.29, 1.82) is 0 Å². The summed E-state index contributed by atoms with van der Waals surface area (Å²) in [6, 6.07) is 10.6. The SMILES string of the molecule is C=CC(=O)Nc1cc(Nc2ncc(C3=CCOCC3)c(Nc3ccccc3NS(C)(=O)=O)n2)c(OC)cc1N(C)CCN(C)C. The molecule has 0 saturated heterocycles. The van der Waals surface area contributed by atoms with E-state index in [0.717, 1.165) is 29.6 Å². The average molecular weight is 637 g/mol. The van der Waals surface area contributed by atoms with Crippen LogP contribution < -0.4 is 30.3 Å². The van der Waals surface area contributed by atoms with Gasteiger partial charge in [0.2, 0.25) is 21.9 Å². The van der Waals surface area contributed by atoms with E-state index in [9.17, 15) is 13.2 Å². The highest BCUT2D eigenvalue weighted by Crippen LogP contribution is 2.39. The molecule has 3 aromatic rings. The molecule has 1 amide bonds. The fourth-order valence-corrected chi connectivity index (χ4v) is 5.16. The Bertz CT molecular complexity index is 1680. The fraction of sp³-hybridized carbons (Fsp3) is 0.323. The van der Waals surface area contributed by atoms with Gasteiger partial charge in [-0.05, 0) is 50.4 Å². The molecular weight excluding hydrogens is 596 g/mol. The van der Waals surface area contributed by atoms with E-state index >= 15 is 0 Å². The van der Waals surface area contributed by atoms with Crippen molar-refractivity contribution in [3.8, 4) is 5.75 Å². The average Bonchev–Trinajstić information content (AvgIpc) is 3.00. The Morgan fingerprint density at radius 1 is 1.09 bits per heavy atom. The molecule has 45 heavy (non-hydrogen) atoms. The Morgan fingerprint density at radius 2 is 1.84 bits per heavy atom. The Hall–Kier alpha value is -4.66. The van der Waals surface area contributed by atoms with Gasteiger partial charge in [0.1, 0.15) is 11.6 Å². The highest BCUT2D eigenvalue weighted by atomic mass is 32.2. The smallest absolute Gasteiger partial charge is 0.247 e. The number of methoxy groups -OCH3 is 1. The van der Waals surface area contributed by atoms with Crippen molar-refractivity contribution in [3.05, 3.63) is 66.9 Å². The number of aromatic nitrogens is 2. The molecule has 0 bridgehead atoms. The molecule has 0 aliphatic carbocycles. The number of sulfonamides is 1. The topological polar surface area (TPSA) is 150 Å². The third-order valence-corrected chi connectivity index (χ3v) is 7.47. The van der Waals surface area contributed by atoms with Crippen LogP contribution in [0.25, 0.3) is 5.57 Å². The molecule has 0 saturated carbocycles. The number of hydrogen-bond donors (Lipinski definition) is 4. The van der Waals surface area contributed by atoms with Crippen molar-refractivity contribution in [2.75, 3.05) is 86.4 Å². The van der Waals surface area contributed by atoms with Gasteiger partial charge in [0.25, 0.3) is 0 Å². The molecular formula is C31H40N8O5S. The molecule has 240 valence electrons. The quantitative estimate of drug-likeness (QED) is 0.188. The molecule has 4 N–H and O–H groups in total. The maximum absolute atomic E-state index is 12.4. The van der Waals surface area contributed by atoms with Gasteiger partial charge in [-0.2, -0.15) is 4.98 Å². The predicted octanol–water partition coefficient (Wildman–Crippen LogP) is 4.27. The minimum atomic E-state index is -3.53. The number of amides is 1. The fourth-order valence-electron chi connectivity index (χ4n) is 4.58. The first-order valence-electron chi connectivity index (χ1n) is 14.2. The maximum Gasteiger partial charge on any atom is 0.247 e. The van der Waals surface area contributed by atoms with Gasteiger partial charge >= 0.3 is 0 Å². The van der Waals surface area contributed by atoms with E-state index in [4.69, 9.17) is 14.5 Å². The van der Waals surface area contributed by atoms with Crippen LogP contribution in [0.1, 0.15) is 12.0 Å². The monoisotopic (exact) mass is 636 g/mol. The van der Waals surface area contributed by atoms with Crippen LogP contribution in [0.2, 0.25) is 0 Å². The minimum absolute atomic E-state index is 0.246. The Balaban J connectivity index is 1.75. The zero-order valence-electron chi connectivity index (χ0n) is 26.2. The second kappa shape index (κ2) is 14.9. The van der Waals surface area contributed by atoms with Crippen LogP contribution in [0.15, 0.2) is 61.3 Å². The van der Waals surface area contributed by atoms with Crippen LogP contribution in [-0.2, 0) is 19.6 Å². The van der Waals surface area contributed by atoms with E-state index in [1.165, 1.54) is 6.08 Å². The lowest BCUT2D eigenvalue weighted by atomic mass is 10.0. The molecule has 1 aromatic heterocycles. The maximum atomic E-state index is 12.4. The van der Waals surface area contributed by atoms with Gasteiger partial charge in [-0.3, -0.25) is 9.52 Å². The molecule has 13 nitrogen and oxygen atoms in total. The number of carbonyl (C=O) groups is 1. The van der Waals surface area contributed by atoms with Crippen molar-refractivity contribution in [2.45, 2.75) is 6.42 Å². The number of likely N-dealkylation sites (N-methyl/N-ethyl adjacent to an activating group) is 2. The summed E-state index contributed by atoms with van der Waals surface area (Å²) in [6.45, 7) is 6.11. The van der Waals surface area contributed by atoms with Gasteiger partial charge in [0.15, 0.2) is 0 Å². The first-order chi connectivity index (χ1) is 21.5. The molecule has 2 aromatic carbocycles. The summed E-state index contributed by atoms with van der Waals surface area (Å²) in [5, 5.41) is 9.42. The predicted molar refractivity (Wildman–Crippen MR) is 181 cm³/mol. The van der Waals surface area contributed by atoms with E-state index in [-0.39, 0.29) is 11.9 Å². The van der Waals surface area contributed by atoms with Crippen LogP contribution in [-0.4, -0.2) is 90.0 Å². The van der Waals surface area contributed by atoms with Crippen LogP contribution in [0, 0.1) is 0 Å². The molecule has 14 heteroatoms. The second-order valence-corrected chi connectivity index (χ2v) is 12.4. The van der Waals surface area contributed by atoms with Crippen LogP contribution >= 0.6 is 0 Å². The number of nitrogens with one attached hydrogen (secondary N) is 4. The zero-order chi connectivity index (χ0) is 32.6. The number of nitrogens with zero attached hydrogens (tertiary/aromatic N) is 4. The molecule has 0 radical (unpaired) electrons. The summed E-state index contributed by atoms with van der Waals surface area (Å²) < 4.78 is 37.9. The molecule has 1 aliphatic heterocycles. The van der Waals surface area contributed by atoms with Gasteiger partial charge in [-0.25, -0.2) is 13.4 Å². The highest BCUT2D eigenvalue weighted by Gasteiger charge is 2.19. The lowest BCUT2D eigenvalue weighted by Gasteiger charge is -2.26. The third-order valence-electron chi connectivity index (χ3n) is 6.87. The molecule has 4 rings (SSSR count). The minimum Gasteiger partial charge on any atom is -0.494 e. The van der Waals surface area contributed by atoms with Crippen LogP contribution in [0.4, 0.5) is 40.2 Å². The van der Waals surface area contributed by atoms with Crippen molar-refractivity contribution < 1.29 is 22.7 Å². The van der Waals surface area contributed by atoms with Gasteiger partial charge in [0, 0.05) is 38.0 Å². The number of benzene rings is 2. The van der Waals surface area contributed by atoms with E-state index < -0.39 is 10.0 Å². The van der Waals surface area contributed by atoms with E-state index in [2.05, 4.69) is 37.1 Å². The molecule has 0 atom stereocenters. The summed E-state index contributed by atoms with van der Waals surface area (Å²) in [5.41, 5.74) is 4.46. The van der Waals surface area contributed by atoms with Gasteiger partial charge in [-0.15, -0.1) is 0 Å². The number of carbonyl (C=O) groups excluding carboxylic acids is 1. The molecule has 0 fully saturated rings.